The monoisotopic (exact) mass is 552 g/mol. The number of halogens is 3. The standard InChI is InChI=1S/C23H23ClF2N6O4S/c1-13-12-32(16-6-3-14(25)4-7-16)29-20(13)11-27-22(33)19-10-21(31(2)37(35,36)30-19)23(34)28-15-5-8-18(26)17(24)9-15/h3-9,12,19,21,30H,10-11H2,1-2H3,(H,27,33)(H,28,34). The third-order valence-corrected chi connectivity index (χ3v) is 7.78. The van der Waals surface area contributed by atoms with E-state index in [1.54, 1.807) is 25.3 Å². The molecule has 14 heteroatoms. The van der Waals surface area contributed by atoms with Crippen LogP contribution in [-0.2, 0) is 26.3 Å². The number of hydrogen-bond acceptors (Lipinski definition) is 5. The maximum absolute atomic E-state index is 13.4. The lowest BCUT2D eigenvalue weighted by atomic mass is 10.1. The number of aromatic nitrogens is 2. The third kappa shape index (κ3) is 5.96. The number of nitrogens with one attached hydrogen (secondary N) is 3. The molecule has 0 aliphatic carbocycles. The van der Waals surface area contributed by atoms with Gasteiger partial charge in [0.25, 0.3) is 10.2 Å². The van der Waals surface area contributed by atoms with Gasteiger partial charge in [-0.05, 0) is 61.4 Å². The molecule has 0 bridgehead atoms. The number of amides is 2. The highest BCUT2D eigenvalue weighted by Crippen LogP contribution is 2.22. The van der Waals surface area contributed by atoms with Gasteiger partial charge >= 0.3 is 0 Å². The molecular formula is C23H23ClF2N6O4S. The summed E-state index contributed by atoms with van der Waals surface area (Å²) >= 11 is 5.74. The first-order chi connectivity index (χ1) is 17.4. The lowest BCUT2D eigenvalue weighted by Gasteiger charge is -2.35. The Kier molecular flexibility index (Phi) is 7.59. The summed E-state index contributed by atoms with van der Waals surface area (Å²) in [5.74, 6) is -2.40. The van der Waals surface area contributed by atoms with Crippen LogP contribution < -0.4 is 15.4 Å². The van der Waals surface area contributed by atoms with Crippen molar-refractivity contribution in [2.75, 3.05) is 12.4 Å². The number of hydrogen-bond donors (Lipinski definition) is 3. The Labute approximate surface area is 216 Å². The van der Waals surface area contributed by atoms with Crippen molar-refractivity contribution in [3.05, 3.63) is 76.6 Å². The van der Waals surface area contributed by atoms with Crippen molar-refractivity contribution in [2.45, 2.75) is 32.0 Å². The maximum Gasteiger partial charge on any atom is 0.280 e. The Morgan fingerprint density at radius 2 is 1.86 bits per heavy atom. The number of anilines is 1. The minimum Gasteiger partial charge on any atom is -0.349 e. The third-order valence-electron chi connectivity index (χ3n) is 5.90. The molecule has 196 valence electrons. The number of nitrogens with zero attached hydrogens (tertiary/aromatic N) is 3. The highest BCUT2D eigenvalue weighted by Gasteiger charge is 2.42. The Morgan fingerprint density at radius 3 is 2.54 bits per heavy atom. The average molecular weight is 553 g/mol. The van der Waals surface area contributed by atoms with E-state index in [1.165, 1.54) is 36.0 Å². The number of carbonyl (C=O) groups is 2. The van der Waals surface area contributed by atoms with E-state index in [0.717, 1.165) is 15.9 Å². The molecule has 37 heavy (non-hydrogen) atoms. The molecule has 10 nitrogen and oxygen atoms in total. The summed E-state index contributed by atoms with van der Waals surface area (Å²) in [6.45, 7) is 1.78. The lowest BCUT2D eigenvalue weighted by molar-refractivity contribution is -0.124. The second kappa shape index (κ2) is 10.5. The number of benzene rings is 2. The van der Waals surface area contributed by atoms with Gasteiger partial charge < -0.3 is 10.6 Å². The van der Waals surface area contributed by atoms with Crippen LogP contribution in [-0.4, -0.2) is 53.4 Å². The van der Waals surface area contributed by atoms with Gasteiger partial charge in [-0.25, -0.2) is 13.5 Å². The van der Waals surface area contributed by atoms with Crippen LogP contribution in [0.15, 0.2) is 48.7 Å². The molecule has 2 heterocycles. The predicted octanol–water partition coefficient (Wildman–Crippen LogP) is 2.27. The Bertz CT molecular complexity index is 1450. The van der Waals surface area contributed by atoms with Crippen molar-refractivity contribution in [3.8, 4) is 5.69 Å². The minimum atomic E-state index is -4.16. The zero-order valence-electron chi connectivity index (χ0n) is 19.7. The van der Waals surface area contributed by atoms with Crippen LogP contribution in [0.4, 0.5) is 14.5 Å². The van der Waals surface area contributed by atoms with E-state index in [9.17, 15) is 26.8 Å². The number of rotatable bonds is 6. The normalized spacial score (nSPS) is 19.4. The first-order valence-corrected chi connectivity index (χ1v) is 12.9. The summed E-state index contributed by atoms with van der Waals surface area (Å²) in [6.07, 6.45) is 1.56. The number of carbonyl (C=O) groups excluding carboxylic acids is 2. The van der Waals surface area contributed by atoms with Crippen molar-refractivity contribution in [1.29, 1.82) is 0 Å². The Balaban J connectivity index is 1.44. The first-order valence-electron chi connectivity index (χ1n) is 11.0. The molecule has 1 aromatic heterocycles. The molecule has 2 amide bonds. The molecule has 3 aromatic rings. The average Bonchev–Trinajstić information content (AvgIpc) is 3.22. The summed E-state index contributed by atoms with van der Waals surface area (Å²) in [7, 11) is -2.95. The van der Waals surface area contributed by atoms with Crippen LogP contribution >= 0.6 is 11.6 Å². The van der Waals surface area contributed by atoms with E-state index >= 15 is 0 Å². The minimum absolute atomic E-state index is 0.00211. The maximum atomic E-state index is 13.4. The molecule has 0 saturated carbocycles. The molecule has 2 unspecified atom stereocenters. The summed E-state index contributed by atoms with van der Waals surface area (Å²) in [6, 6.07) is 6.82. The van der Waals surface area contributed by atoms with Crippen LogP contribution in [0.25, 0.3) is 5.69 Å². The van der Waals surface area contributed by atoms with Crippen LogP contribution in [0, 0.1) is 18.6 Å². The van der Waals surface area contributed by atoms with Crippen molar-refractivity contribution in [1.82, 2.24) is 24.1 Å². The van der Waals surface area contributed by atoms with Gasteiger partial charge in [-0.15, -0.1) is 0 Å². The highest BCUT2D eigenvalue weighted by molar-refractivity contribution is 7.87. The van der Waals surface area contributed by atoms with Crippen molar-refractivity contribution in [3.63, 3.8) is 0 Å². The molecule has 4 rings (SSSR count). The van der Waals surface area contributed by atoms with Gasteiger partial charge in [-0.2, -0.15) is 22.5 Å². The largest absolute Gasteiger partial charge is 0.349 e. The Hall–Kier alpha value is -3.39. The molecule has 1 aliphatic rings. The fraction of sp³-hybridized carbons (Fsp3) is 0.261. The zero-order chi connectivity index (χ0) is 26.9. The molecule has 2 aromatic carbocycles. The molecule has 3 N–H and O–H groups in total. The highest BCUT2D eigenvalue weighted by atomic mass is 35.5. The van der Waals surface area contributed by atoms with Gasteiger partial charge in [0.15, 0.2) is 0 Å². The van der Waals surface area contributed by atoms with E-state index in [4.69, 9.17) is 11.6 Å². The van der Waals surface area contributed by atoms with Crippen LogP contribution in [0.2, 0.25) is 5.02 Å². The predicted molar refractivity (Wildman–Crippen MR) is 132 cm³/mol. The summed E-state index contributed by atoms with van der Waals surface area (Å²) in [5.41, 5.74) is 2.08. The molecule has 1 aliphatic heterocycles. The second-order valence-electron chi connectivity index (χ2n) is 8.46. The van der Waals surface area contributed by atoms with Crippen molar-refractivity contribution < 1.29 is 26.8 Å². The van der Waals surface area contributed by atoms with E-state index in [-0.39, 0.29) is 29.5 Å². The van der Waals surface area contributed by atoms with Gasteiger partial charge in [-0.1, -0.05) is 11.6 Å². The van der Waals surface area contributed by atoms with Gasteiger partial charge in [0.2, 0.25) is 11.8 Å². The molecule has 0 spiro atoms. The molecule has 0 radical (unpaired) electrons. The lowest BCUT2D eigenvalue weighted by Crippen LogP contribution is -2.62. The molecule has 1 fully saturated rings. The van der Waals surface area contributed by atoms with Crippen LogP contribution in [0.5, 0.6) is 0 Å². The molecule has 1 saturated heterocycles. The topological polar surface area (TPSA) is 125 Å². The Morgan fingerprint density at radius 1 is 1.16 bits per heavy atom. The quantitative estimate of drug-likeness (QED) is 0.433. The summed E-state index contributed by atoms with van der Waals surface area (Å²) in [4.78, 5) is 25.7. The second-order valence-corrected chi connectivity index (χ2v) is 10.6. The van der Waals surface area contributed by atoms with E-state index in [0.29, 0.717) is 11.4 Å². The van der Waals surface area contributed by atoms with Gasteiger partial charge in [-0.3, -0.25) is 9.59 Å². The first kappa shape index (κ1) is 26.7. The van der Waals surface area contributed by atoms with Gasteiger partial charge in [0.05, 0.1) is 22.9 Å². The smallest absolute Gasteiger partial charge is 0.280 e. The van der Waals surface area contributed by atoms with E-state index in [1.807, 2.05) is 0 Å². The van der Waals surface area contributed by atoms with Crippen LogP contribution in [0.1, 0.15) is 17.7 Å². The molecule has 2 atom stereocenters. The number of likely N-dealkylation sites (N-methyl/N-ethyl adjacent to an activating group) is 1. The van der Waals surface area contributed by atoms with Crippen molar-refractivity contribution in [2.24, 2.45) is 0 Å². The fourth-order valence-electron chi connectivity index (χ4n) is 3.77. The SMILES string of the molecule is Cc1cn(-c2ccc(F)cc2)nc1CNC(=O)C1CC(C(=O)Nc2ccc(F)c(Cl)c2)N(C)S(=O)(=O)N1. The van der Waals surface area contributed by atoms with Crippen molar-refractivity contribution >= 4 is 39.3 Å². The van der Waals surface area contributed by atoms with Gasteiger partial charge in [0, 0.05) is 18.9 Å². The van der Waals surface area contributed by atoms with E-state index in [2.05, 4.69) is 20.5 Å². The number of aryl methyl sites for hydroxylation is 1. The summed E-state index contributed by atoms with van der Waals surface area (Å²) < 4.78 is 56.5. The van der Waals surface area contributed by atoms with Gasteiger partial charge in [0.1, 0.15) is 23.7 Å². The molecular weight excluding hydrogens is 530 g/mol. The zero-order valence-corrected chi connectivity index (χ0v) is 21.3. The summed E-state index contributed by atoms with van der Waals surface area (Å²) in [5, 5.41) is 9.34. The fourth-order valence-corrected chi connectivity index (χ4v) is 5.20. The van der Waals surface area contributed by atoms with Crippen LogP contribution in [0.3, 0.4) is 0 Å². The van der Waals surface area contributed by atoms with E-state index < -0.39 is 39.9 Å².